The van der Waals surface area contributed by atoms with Gasteiger partial charge >= 0.3 is 6.03 Å². The van der Waals surface area contributed by atoms with Crippen molar-refractivity contribution in [3.8, 4) is 0 Å². The second kappa shape index (κ2) is 7.49. The normalized spacial score (nSPS) is 21.6. The van der Waals surface area contributed by atoms with Gasteiger partial charge in [-0.15, -0.1) is 11.3 Å². The smallest absolute Gasteiger partial charge is 0.319 e. The van der Waals surface area contributed by atoms with Crippen molar-refractivity contribution in [2.45, 2.75) is 44.1 Å². The molecule has 5 amide bonds. The fourth-order valence-electron chi connectivity index (χ4n) is 4.77. The highest BCUT2D eigenvalue weighted by molar-refractivity contribution is 7.14. The van der Waals surface area contributed by atoms with Crippen molar-refractivity contribution in [3.05, 3.63) is 56.8 Å². The number of amides is 5. The van der Waals surface area contributed by atoms with Gasteiger partial charge in [0.15, 0.2) is 0 Å². The maximum Gasteiger partial charge on any atom is 0.325 e. The van der Waals surface area contributed by atoms with Gasteiger partial charge in [-0.1, -0.05) is 24.3 Å². The molecule has 1 aromatic carbocycles. The van der Waals surface area contributed by atoms with Crippen LogP contribution in [0.1, 0.15) is 50.5 Å². The van der Waals surface area contributed by atoms with E-state index in [1.807, 2.05) is 30.3 Å². The lowest BCUT2D eigenvalue weighted by molar-refractivity contribution is -0.135. The number of nitrogens with zero attached hydrogens (tertiary/aromatic N) is 1. The van der Waals surface area contributed by atoms with E-state index in [2.05, 4.69) is 16.2 Å². The zero-order valence-corrected chi connectivity index (χ0v) is 17.6. The molecule has 2 aliphatic carbocycles. The molecule has 2 aromatic rings. The second-order valence-electron chi connectivity index (χ2n) is 8.15. The Balaban J connectivity index is 1.24. The first kappa shape index (κ1) is 19.7. The van der Waals surface area contributed by atoms with Crippen LogP contribution in [0.2, 0.25) is 0 Å². The molecular formula is C22H22N4O4S. The molecule has 1 saturated heterocycles. The largest absolute Gasteiger partial charge is 0.325 e. The van der Waals surface area contributed by atoms with Crippen molar-refractivity contribution in [2.75, 3.05) is 6.54 Å². The number of thiophene rings is 1. The van der Waals surface area contributed by atoms with E-state index in [9.17, 15) is 19.2 Å². The van der Waals surface area contributed by atoms with Crippen LogP contribution in [-0.2, 0) is 34.4 Å². The minimum absolute atomic E-state index is 0.400. The molecule has 1 unspecified atom stereocenters. The molecule has 1 aromatic heterocycles. The molecule has 3 N–H and O–H groups in total. The monoisotopic (exact) mass is 438 g/mol. The molecule has 0 bridgehead atoms. The van der Waals surface area contributed by atoms with Crippen LogP contribution in [0.4, 0.5) is 4.79 Å². The molecule has 1 atom stereocenters. The highest BCUT2D eigenvalue weighted by Crippen LogP contribution is 2.39. The van der Waals surface area contributed by atoms with Crippen LogP contribution in [-0.4, -0.2) is 35.2 Å². The van der Waals surface area contributed by atoms with E-state index in [-0.39, 0.29) is 0 Å². The van der Waals surface area contributed by atoms with Gasteiger partial charge < -0.3 is 5.32 Å². The number of imide groups is 1. The minimum Gasteiger partial charge on any atom is -0.319 e. The third-order valence-electron chi connectivity index (χ3n) is 6.24. The minimum atomic E-state index is -1.12. The van der Waals surface area contributed by atoms with Crippen molar-refractivity contribution in [2.24, 2.45) is 0 Å². The van der Waals surface area contributed by atoms with Crippen LogP contribution in [0.3, 0.4) is 0 Å². The highest BCUT2D eigenvalue weighted by atomic mass is 32.1. The van der Waals surface area contributed by atoms with E-state index in [4.69, 9.17) is 0 Å². The molecule has 3 aliphatic rings. The first-order chi connectivity index (χ1) is 15.0. The molecule has 0 radical (unpaired) electrons. The topological polar surface area (TPSA) is 108 Å². The van der Waals surface area contributed by atoms with Gasteiger partial charge in [0.05, 0.1) is 4.88 Å². The number of nitrogens with one attached hydrogen (secondary N) is 3. The predicted octanol–water partition coefficient (Wildman–Crippen LogP) is 1.78. The van der Waals surface area contributed by atoms with Gasteiger partial charge in [-0.05, 0) is 61.3 Å². The summed E-state index contributed by atoms with van der Waals surface area (Å²) >= 11 is 1.43. The first-order valence-electron chi connectivity index (χ1n) is 10.4. The zero-order chi connectivity index (χ0) is 21.6. The number of urea groups is 1. The molecule has 1 spiro atoms. The van der Waals surface area contributed by atoms with E-state index >= 15 is 0 Å². The number of benzene rings is 1. The summed E-state index contributed by atoms with van der Waals surface area (Å²) in [7, 11) is 0. The number of fused-ring (bicyclic) bond motifs is 3. The average molecular weight is 439 g/mol. The van der Waals surface area contributed by atoms with Crippen LogP contribution in [0.15, 0.2) is 30.3 Å². The van der Waals surface area contributed by atoms with E-state index in [0.29, 0.717) is 11.3 Å². The molecule has 0 saturated carbocycles. The predicted molar refractivity (Wildman–Crippen MR) is 113 cm³/mol. The van der Waals surface area contributed by atoms with Gasteiger partial charge in [0, 0.05) is 4.88 Å². The summed E-state index contributed by atoms with van der Waals surface area (Å²) in [4.78, 5) is 53.2. The van der Waals surface area contributed by atoms with Crippen LogP contribution in [0.25, 0.3) is 0 Å². The lowest BCUT2D eigenvalue weighted by Gasteiger charge is -2.33. The molecule has 1 fully saturated rings. The lowest BCUT2D eigenvalue weighted by Crippen LogP contribution is -2.49. The summed E-state index contributed by atoms with van der Waals surface area (Å²) in [5.41, 5.74) is 6.60. The van der Waals surface area contributed by atoms with Gasteiger partial charge in [0.2, 0.25) is 0 Å². The fraction of sp³-hybridized carbons (Fsp3) is 0.364. The van der Waals surface area contributed by atoms with Crippen LogP contribution < -0.4 is 16.2 Å². The van der Waals surface area contributed by atoms with Crippen molar-refractivity contribution in [3.63, 3.8) is 0 Å². The highest BCUT2D eigenvalue weighted by Gasteiger charge is 2.54. The zero-order valence-electron chi connectivity index (χ0n) is 16.8. The van der Waals surface area contributed by atoms with Crippen LogP contribution in [0.5, 0.6) is 0 Å². The summed E-state index contributed by atoms with van der Waals surface area (Å²) in [6.45, 7) is -0.462. The molecule has 5 rings (SSSR count). The molecular weight excluding hydrogens is 416 g/mol. The number of carbonyl (C=O) groups is 4. The van der Waals surface area contributed by atoms with E-state index in [1.165, 1.54) is 21.8 Å². The molecule has 9 heteroatoms. The number of carbonyl (C=O) groups excluding carboxylic acids is 4. The van der Waals surface area contributed by atoms with Gasteiger partial charge in [-0.3, -0.25) is 30.1 Å². The first-order valence-corrected chi connectivity index (χ1v) is 11.2. The number of hydrazine groups is 1. The van der Waals surface area contributed by atoms with Crippen LogP contribution in [0, 0.1) is 0 Å². The lowest BCUT2D eigenvalue weighted by atomic mass is 9.76. The summed E-state index contributed by atoms with van der Waals surface area (Å²) in [5, 5.41) is 2.81. The molecule has 160 valence electrons. The van der Waals surface area contributed by atoms with Crippen molar-refractivity contribution >= 4 is 35.1 Å². The van der Waals surface area contributed by atoms with Crippen molar-refractivity contribution in [1.29, 1.82) is 0 Å². The van der Waals surface area contributed by atoms with E-state index in [0.717, 1.165) is 48.1 Å². The Labute approximate surface area is 183 Å². The van der Waals surface area contributed by atoms with Gasteiger partial charge in [0.25, 0.3) is 17.7 Å². The Morgan fingerprint density at radius 3 is 2.71 bits per heavy atom. The van der Waals surface area contributed by atoms with Crippen LogP contribution >= 0.6 is 11.3 Å². The Morgan fingerprint density at radius 2 is 1.87 bits per heavy atom. The summed E-state index contributed by atoms with van der Waals surface area (Å²) in [6, 6.07) is 8.83. The third kappa shape index (κ3) is 3.29. The number of hydrogen-bond donors (Lipinski definition) is 3. The third-order valence-corrected chi connectivity index (χ3v) is 7.47. The Kier molecular flexibility index (Phi) is 4.77. The molecule has 1 aliphatic heterocycles. The Morgan fingerprint density at radius 1 is 1.06 bits per heavy atom. The number of hydrogen-bond acceptors (Lipinski definition) is 5. The van der Waals surface area contributed by atoms with Gasteiger partial charge in [0.1, 0.15) is 12.1 Å². The average Bonchev–Trinajstić information content (AvgIpc) is 3.43. The summed E-state index contributed by atoms with van der Waals surface area (Å²) in [6.07, 6.45) is 5.17. The molecule has 31 heavy (non-hydrogen) atoms. The maximum atomic E-state index is 13.2. The van der Waals surface area contributed by atoms with Gasteiger partial charge in [-0.25, -0.2) is 4.79 Å². The van der Waals surface area contributed by atoms with Gasteiger partial charge in [-0.2, -0.15) is 0 Å². The number of rotatable bonds is 3. The summed E-state index contributed by atoms with van der Waals surface area (Å²) < 4.78 is 0. The quantitative estimate of drug-likeness (QED) is 0.502. The second-order valence-corrected chi connectivity index (χ2v) is 9.29. The van der Waals surface area contributed by atoms with E-state index < -0.39 is 35.8 Å². The maximum absolute atomic E-state index is 13.2. The van der Waals surface area contributed by atoms with Crippen molar-refractivity contribution < 1.29 is 19.2 Å². The number of aryl methyl sites for hydroxylation is 3. The van der Waals surface area contributed by atoms with E-state index in [1.54, 1.807) is 0 Å². The molecule has 8 nitrogen and oxygen atoms in total. The Bertz CT molecular complexity index is 1090. The summed E-state index contributed by atoms with van der Waals surface area (Å²) in [5.74, 6) is -1.47. The molecule has 2 heterocycles. The SMILES string of the molecule is O=C(CN1C(=O)NC2(CCCc3ccccc32)C1=O)NNC(=O)c1cc2c(s1)CCC2. The Hall–Kier alpha value is -3.20. The van der Waals surface area contributed by atoms with Crippen molar-refractivity contribution in [1.82, 2.24) is 21.1 Å². The standard InChI is InChI=1S/C22H22N4O4S/c27-18(24-25-19(28)17-11-14-6-3-9-16(14)31-17)12-26-20(29)22(23-21(26)30)10-4-7-13-5-1-2-8-15(13)22/h1-2,5,8,11H,3-4,6-7,9-10,12H2,(H,23,30)(H,24,27)(H,25,28). The fourth-order valence-corrected chi connectivity index (χ4v) is 5.92.